The van der Waals surface area contributed by atoms with Gasteiger partial charge in [-0.3, -0.25) is 14.9 Å². The van der Waals surface area contributed by atoms with Crippen LogP contribution in [0.2, 0.25) is 5.02 Å². The van der Waals surface area contributed by atoms with Gasteiger partial charge < -0.3 is 11.1 Å². The van der Waals surface area contributed by atoms with Gasteiger partial charge >= 0.3 is 0 Å². The van der Waals surface area contributed by atoms with E-state index in [1.165, 1.54) is 6.20 Å². The van der Waals surface area contributed by atoms with Crippen LogP contribution in [0.15, 0.2) is 12.3 Å². The molecule has 1 aromatic rings. The molecule has 1 aromatic heterocycles. The minimum Gasteiger partial charge on any atom is -0.397 e. The van der Waals surface area contributed by atoms with Crippen LogP contribution in [-0.2, 0) is 9.59 Å². The molecule has 0 spiro atoms. The van der Waals surface area contributed by atoms with Gasteiger partial charge in [0, 0.05) is 6.42 Å². The number of hydrogen-bond donors (Lipinski definition) is 3. The van der Waals surface area contributed by atoms with Gasteiger partial charge in [0.05, 0.1) is 16.9 Å². The zero-order valence-corrected chi connectivity index (χ0v) is 9.62. The zero-order valence-electron chi connectivity index (χ0n) is 8.87. The van der Waals surface area contributed by atoms with Crippen LogP contribution in [0.5, 0.6) is 0 Å². The van der Waals surface area contributed by atoms with E-state index in [1.54, 1.807) is 6.07 Å². The third kappa shape index (κ3) is 2.65. The molecule has 1 aliphatic rings. The second-order valence-electron chi connectivity index (χ2n) is 3.75. The molecule has 17 heavy (non-hydrogen) atoms. The number of piperidine rings is 1. The number of nitrogen functional groups attached to an aromatic ring is 1. The van der Waals surface area contributed by atoms with Crippen LogP contribution in [0.4, 0.5) is 11.5 Å². The summed E-state index contributed by atoms with van der Waals surface area (Å²) < 4.78 is 0. The minimum atomic E-state index is -0.499. The smallest absolute Gasteiger partial charge is 0.249 e. The average Bonchev–Trinajstić information content (AvgIpc) is 2.25. The predicted molar refractivity (Wildman–Crippen MR) is 63.5 cm³/mol. The van der Waals surface area contributed by atoms with E-state index >= 15 is 0 Å². The number of carbonyl (C=O) groups excluding carboxylic acids is 2. The standard InChI is InChI=1S/C10H11ClN4O2/c11-6-3-5(12)4-13-9(6)14-7-1-2-8(16)15-10(7)17/h3-4,7H,1-2,12H2,(H,13,14)(H,15,16,17). The van der Waals surface area contributed by atoms with Gasteiger partial charge in [0.1, 0.15) is 11.9 Å². The SMILES string of the molecule is Nc1cnc(NC2CCC(=O)NC2=O)c(Cl)c1. The highest BCUT2D eigenvalue weighted by molar-refractivity contribution is 6.33. The monoisotopic (exact) mass is 254 g/mol. The Kier molecular flexibility index (Phi) is 3.14. The lowest BCUT2D eigenvalue weighted by atomic mass is 10.1. The lowest BCUT2D eigenvalue weighted by Gasteiger charge is -2.22. The van der Waals surface area contributed by atoms with Gasteiger partial charge in [-0.15, -0.1) is 0 Å². The third-order valence-electron chi connectivity index (χ3n) is 2.41. The van der Waals surface area contributed by atoms with Crippen molar-refractivity contribution in [1.82, 2.24) is 10.3 Å². The van der Waals surface area contributed by atoms with Crippen LogP contribution in [-0.4, -0.2) is 22.8 Å². The molecule has 0 radical (unpaired) electrons. The van der Waals surface area contributed by atoms with Crippen LogP contribution in [0.3, 0.4) is 0 Å². The molecule has 0 aliphatic carbocycles. The van der Waals surface area contributed by atoms with Gasteiger partial charge in [0.25, 0.3) is 0 Å². The summed E-state index contributed by atoms with van der Waals surface area (Å²) in [6.07, 6.45) is 2.17. The molecule has 1 saturated heterocycles. The van der Waals surface area contributed by atoms with Crippen molar-refractivity contribution in [1.29, 1.82) is 0 Å². The molecule has 2 rings (SSSR count). The molecule has 4 N–H and O–H groups in total. The number of halogens is 1. The molecule has 1 atom stereocenters. The number of imide groups is 1. The van der Waals surface area contributed by atoms with Crippen molar-refractivity contribution in [3.8, 4) is 0 Å². The van der Waals surface area contributed by atoms with E-state index in [4.69, 9.17) is 17.3 Å². The fourth-order valence-electron chi connectivity index (χ4n) is 1.56. The number of aromatic nitrogens is 1. The molecule has 0 aromatic carbocycles. The fraction of sp³-hybridized carbons (Fsp3) is 0.300. The van der Waals surface area contributed by atoms with Gasteiger partial charge in [0.15, 0.2) is 0 Å². The molecule has 1 fully saturated rings. The lowest BCUT2D eigenvalue weighted by molar-refractivity contribution is -0.133. The van der Waals surface area contributed by atoms with Crippen molar-refractivity contribution in [2.24, 2.45) is 0 Å². The molecule has 7 heteroatoms. The van der Waals surface area contributed by atoms with Crippen LogP contribution in [0.1, 0.15) is 12.8 Å². The van der Waals surface area contributed by atoms with E-state index in [0.29, 0.717) is 29.4 Å². The molecular formula is C10H11ClN4O2. The summed E-state index contributed by atoms with van der Waals surface area (Å²) in [5.41, 5.74) is 5.96. The Bertz CT molecular complexity index is 477. The molecule has 1 unspecified atom stereocenters. The normalized spacial score (nSPS) is 19.9. The predicted octanol–water partition coefficient (Wildman–Crippen LogP) is 0.534. The Morgan fingerprint density at radius 1 is 1.53 bits per heavy atom. The second-order valence-corrected chi connectivity index (χ2v) is 4.15. The van der Waals surface area contributed by atoms with Gasteiger partial charge in [-0.1, -0.05) is 11.6 Å². The van der Waals surface area contributed by atoms with Crippen LogP contribution in [0.25, 0.3) is 0 Å². The number of nitrogens with zero attached hydrogens (tertiary/aromatic N) is 1. The summed E-state index contributed by atoms with van der Waals surface area (Å²) in [4.78, 5) is 26.5. The molecule has 2 amide bonds. The van der Waals surface area contributed by atoms with Gasteiger partial charge in [-0.05, 0) is 12.5 Å². The number of anilines is 2. The highest BCUT2D eigenvalue weighted by atomic mass is 35.5. The number of hydrogen-bond acceptors (Lipinski definition) is 5. The quantitative estimate of drug-likeness (QED) is 0.669. The van der Waals surface area contributed by atoms with Crippen molar-refractivity contribution in [3.63, 3.8) is 0 Å². The Balaban J connectivity index is 2.10. The van der Waals surface area contributed by atoms with Crippen molar-refractivity contribution in [3.05, 3.63) is 17.3 Å². The Hall–Kier alpha value is -1.82. The van der Waals surface area contributed by atoms with Crippen molar-refractivity contribution in [2.75, 3.05) is 11.1 Å². The van der Waals surface area contributed by atoms with E-state index in [1.807, 2.05) is 0 Å². The first-order valence-electron chi connectivity index (χ1n) is 5.07. The Labute approximate surface area is 103 Å². The zero-order chi connectivity index (χ0) is 12.4. The molecule has 6 nitrogen and oxygen atoms in total. The highest BCUT2D eigenvalue weighted by Gasteiger charge is 2.27. The summed E-state index contributed by atoms with van der Waals surface area (Å²) in [6.45, 7) is 0. The Morgan fingerprint density at radius 2 is 2.29 bits per heavy atom. The summed E-state index contributed by atoms with van der Waals surface area (Å²) in [5.74, 6) is -0.240. The van der Waals surface area contributed by atoms with E-state index in [0.717, 1.165) is 0 Å². The number of nitrogens with one attached hydrogen (secondary N) is 2. The van der Waals surface area contributed by atoms with Gasteiger partial charge in [-0.25, -0.2) is 4.98 Å². The van der Waals surface area contributed by atoms with Crippen LogP contribution < -0.4 is 16.4 Å². The maximum atomic E-state index is 11.5. The molecule has 1 aliphatic heterocycles. The van der Waals surface area contributed by atoms with Crippen LogP contribution >= 0.6 is 11.6 Å². The molecule has 90 valence electrons. The summed E-state index contributed by atoms with van der Waals surface area (Å²) in [7, 11) is 0. The largest absolute Gasteiger partial charge is 0.397 e. The number of pyridine rings is 1. The van der Waals surface area contributed by atoms with Crippen LogP contribution in [0, 0.1) is 0 Å². The highest BCUT2D eigenvalue weighted by Crippen LogP contribution is 2.22. The molecule has 0 bridgehead atoms. The molecular weight excluding hydrogens is 244 g/mol. The first-order chi connectivity index (χ1) is 8.06. The first-order valence-corrected chi connectivity index (χ1v) is 5.45. The second kappa shape index (κ2) is 4.58. The maximum absolute atomic E-state index is 11.5. The third-order valence-corrected chi connectivity index (χ3v) is 2.70. The number of carbonyl (C=O) groups is 2. The summed E-state index contributed by atoms with van der Waals surface area (Å²) >= 11 is 5.92. The summed E-state index contributed by atoms with van der Waals surface area (Å²) in [6, 6.07) is 1.05. The number of nitrogens with two attached hydrogens (primary N) is 1. The van der Waals surface area contributed by atoms with Crippen molar-refractivity contribution in [2.45, 2.75) is 18.9 Å². The average molecular weight is 255 g/mol. The first kappa shape index (κ1) is 11.7. The van der Waals surface area contributed by atoms with Crippen molar-refractivity contribution < 1.29 is 9.59 Å². The molecule has 2 heterocycles. The fourth-order valence-corrected chi connectivity index (χ4v) is 1.78. The Morgan fingerprint density at radius 3 is 2.94 bits per heavy atom. The minimum absolute atomic E-state index is 0.260. The maximum Gasteiger partial charge on any atom is 0.249 e. The van der Waals surface area contributed by atoms with Gasteiger partial charge in [-0.2, -0.15) is 0 Å². The lowest BCUT2D eigenvalue weighted by Crippen LogP contribution is -2.47. The van der Waals surface area contributed by atoms with Crippen molar-refractivity contribution >= 4 is 34.9 Å². The topological polar surface area (TPSA) is 97.1 Å². The number of rotatable bonds is 2. The van der Waals surface area contributed by atoms with E-state index in [-0.39, 0.29) is 11.8 Å². The van der Waals surface area contributed by atoms with E-state index in [9.17, 15) is 9.59 Å². The summed E-state index contributed by atoms with van der Waals surface area (Å²) in [5, 5.41) is 5.47. The van der Waals surface area contributed by atoms with E-state index in [2.05, 4.69) is 15.6 Å². The van der Waals surface area contributed by atoms with Gasteiger partial charge in [0.2, 0.25) is 11.8 Å². The molecule has 0 saturated carbocycles. The van der Waals surface area contributed by atoms with E-state index < -0.39 is 6.04 Å². The number of amides is 2.